The van der Waals surface area contributed by atoms with Crippen LogP contribution in [0.25, 0.3) is 0 Å². The average Bonchev–Trinajstić information content (AvgIpc) is 2.67. The topological polar surface area (TPSA) is 60.7 Å². The largest absolute Gasteiger partial charge is 0.508 e. The Kier molecular flexibility index (Phi) is 4.90. The molecule has 0 unspecified atom stereocenters. The maximum absolute atomic E-state index is 10.5. The molecular weight excluding hydrogens is 324 g/mol. The fourth-order valence-electron chi connectivity index (χ4n) is 5.19. The van der Waals surface area contributed by atoms with Crippen LogP contribution >= 0.6 is 0 Å². The molecule has 3 atom stereocenters. The lowest BCUT2D eigenvalue weighted by molar-refractivity contribution is 0.242. The monoisotopic (exact) mass is 352 g/mol. The van der Waals surface area contributed by atoms with E-state index in [-0.39, 0.29) is 6.61 Å². The second-order valence-electron chi connectivity index (χ2n) is 7.96. The van der Waals surface area contributed by atoms with E-state index in [0.29, 0.717) is 42.1 Å². The van der Waals surface area contributed by atoms with E-state index in [9.17, 15) is 10.2 Å². The van der Waals surface area contributed by atoms with Gasteiger partial charge in [0.25, 0.3) is 0 Å². The molecule has 0 radical (unpaired) electrons. The Morgan fingerprint density at radius 3 is 2.46 bits per heavy atom. The highest BCUT2D eigenvalue weighted by Crippen LogP contribution is 2.52. The van der Waals surface area contributed by atoms with Crippen molar-refractivity contribution < 1.29 is 15.3 Å². The number of aryl methyl sites for hydroxylation is 1. The Bertz CT molecular complexity index is 766. The fourth-order valence-corrected chi connectivity index (χ4v) is 5.19. The molecule has 2 aliphatic rings. The molecule has 2 aromatic rings. The van der Waals surface area contributed by atoms with Crippen molar-refractivity contribution in [1.29, 1.82) is 0 Å². The highest BCUT2D eigenvalue weighted by Gasteiger charge is 2.39. The van der Waals surface area contributed by atoms with Crippen LogP contribution in [0.1, 0.15) is 66.2 Å². The summed E-state index contributed by atoms with van der Waals surface area (Å²) in [5.41, 5.74) is 4.97. The number of aliphatic hydroxyl groups is 1. The minimum absolute atomic E-state index is 0.150. The molecule has 0 heterocycles. The molecule has 26 heavy (non-hydrogen) atoms. The van der Waals surface area contributed by atoms with E-state index in [4.69, 9.17) is 5.11 Å². The van der Waals surface area contributed by atoms with Crippen molar-refractivity contribution >= 4 is 0 Å². The molecule has 1 saturated carbocycles. The summed E-state index contributed by atoms with van der Waals surface area (Å²) in [6, 6.07) is 11.9. The van der Waals surface area contributed by atoms with E-state index in [1.54, 1.807) is 12.1 Å². The van der Waals surface area contributed by atoms with E-state index in [1.807, 2.05) is 6.07 Å². The number of aliphatic hydroxyl groups excluding tert-OH is 1. The molecule has 138 valence electrons. The molecule has 2 aliphatic carbocycles. The fraction of sp³-hybridized carbons (Fsp3) is 0.478. The Morgan fingerprint density at radius 1 is 0.923 bits per heavy atom. The molecule has 3 heteroatoms. The summed E-state index contributed by atoms with van der Waals surface area (Å²) in [7, 11) is 0. The SMILES string of the molecule is OCCCc1cc2c(cc1O)[C@@H]1CCCC[C@@H]1[C@H](c1ccc(O)cc1)C2. The Labute approximate surface area is 155 Å². The van der Waals surface area contributed by atoms with Crippen molar-refractivity contribution in [3.63, 3.8) is 0 Å². The zero-order chi connectivity index (χ0) is 18.1. The van der Waals surface area contributed by atoms with Crippen LogP contribution in [0.4, 0.5) is 0 Å². The van der Waals surface area contributed by atoms with Gasteiger partial charge in [-0.2, -0.15) is 0 Å². The van der Waals surface area contributed by atoms with Crippen LogP contribution in [0.3, 0.4) is 0 Å². The van der Waals surface area contributed by atoms with E-state index < -0.39 is 0 Å². The van der Waals surface area contributed by atoms with Gasteiger partial charge in [-0.25, -0.2) is 0 Å². The molecule has 4 rings (SSSR count). The second kappa shape index (κ2) is 7.32. The standard InChI is InChI=1S/C23H28O3/c24-11-3-4-16-12-17-13-21(15-7-9-18(25)10-8-15)19-5-1-2-6-20(19)22(17)14-23(16)26/h7-10,12,14,19-21,24-26H,1-6,11,13H2/t19-,20+,21-/m0/s1. The van der Waals surface area contributed by atoms with Gasteiger partial charge in [-0.3, -0.25) is 0 Å². The summed E-state index contributed by atoms with van der Waals surface area (Å²) < 4.78 is 0. The van der Waals surface area contributed by atoms with Crippen LogP contribution in [-0.2, 0) is 12.8 Å². The summed E-state index contributed by atoms with van der Waals surface area (Å²) >= 11 is 0. The normalized spacial score (nSPS) is 24.7. The van der Waals surface area contributed by atoms with Gasteiger partial charge in [-0.15, -0.1) is 0 Å². The van der Waals surface area contributed by atoms with Gasteiger partial charge >= 0.3 is 0 Å². The van der Waals surface area contributed by atoms with Gasteiger partial charge in [0.05, 0.1) is 0 Å². The van der Waals surface area contributed by atoms with E-state index in [2.05, 4.69) is 18.2 Å². The van der Waals surface area contributed by atoms with Crippen LogP contribution in [-0.4, -0.2) is 21.9 Å². The Hall–Kier alpha value is -2.00. The van der Waals surface area contributed by atoms with Gasteiger partial charge in [-0.05, 0) is 90.3 Å². The zero-order valence-electron chi connectivity index (χ0n) is 15.2. The second-order valence-corrected chi connectivity index (χ2v) is 7.96. The van der Waals surface area contributed by atoms with Crippen molar-refractivity contribution in [2.75, 3.05) is 6.61 Å². The summed E-state index contributed by atoms with van der Waals surface area (Å²) in [6.45, 7) is 0.150. The molecule has 0 amide bonds. The lowest BCUT2D eigenvalue weighted by atomic mass is 9.61. The third-order valence-corrected chi connectivity index (χ3v) is 6.44. The minimum Gasteiger partial charge on any atom is -0.508 e. The third-order valence-electron chi connectivity index (χ3n) is 6.44. The lowest BCUT2D eigenvalue weighted by Crippen LogP contribution is -2.31. The third kappa shape index (κ3) is 3.21. The molecule has 0 aromatic heterocycles. The van der Waals surface area contributed by atoms with Crippen LogP contribution in [0.5, 0.6) is 11.5 Å². The van der Waals surface area contributed by atoms with Crippen molar-refractivity contribution in [3.05, 3.63) is 58.7 Å². The summed E-state index contributed by atoms with van der Waals surface area (Å²) in [6.07, 6.45) is 7.37. The lowest BCUT2D eigenvalue weighted by Gasteiger charge is -2.43. The molecular formula is C23H28O3. The minimum atomic E-state index is 0.150. The Balaban J connectivity index is 1.73. The van der Waals surface area contributed by atoms with Crippen LogP contribution < -0.4 is 0 Å². The summed E-state index contributed by atoms with van der Waals surface area (Å²) in [5.74, 6) is 2.32. The number of hydrogen-bond acceptors (Lipinski definition) is 3. The number of phenolic OH excluding ortho intramolecular Hbond substituents is 2. The highest BCUT2D eigenvalue weighted by atomic mass is 16.3. The zero-order valence-corrected chi connectivity index (χ0v) is 15.2. The molecule has 3 nitrogen and oxygen atoms in total. The maximum atomic E-state index is 10.5. The highest BCUT2D eigenvalue weighted by molar-refractivity contribution is 5.47. The van der Waals surface area contributed by atoms with Gasteiger partial charge in [0.15, 0.2) is 0 Å². The first-order valence-corrected chi connectivity index (χ1v) is 9.92. The predicted octanol–water partition coefficient (Wildman–Crippen LogP) is 4.64. The first-order valence-electron chi connectivity index (χ1n) is 9.92. The van der Waals surface area contributed by atoms with Gasteiger partial charge in [0.2, 0.25) is 0 Å². The van der Waals surface area contributed by atoms with E-state index in [0.717, 1.165) is 12.0 Å². The quantitative estimate of drug-likeness (QED) is 0.751. The van der Waals surface area contributed by atoms with Gasteiger partial charge in [0.1, 0.15) is 11.5 Å². The van der Waals surface area contributed by atoms with Crippen LogP contribution in [0.2, 0.25) is 0 Å². The first kappa shape index (κ1) is 17.4. The molecule has 0 bridgehead atoms. The number of hydrogen-bond donors (Lipinski definition) is 3. The molecule has 1 fully saturated rings. The predicted molar refractivity (Wildman–Crippen MR) is 103 cm³/mol. The molecule has 0 aliphatic heterocycles. The molecule has 0 saturated heterocycles. The molecule has 0 spiro atoms. The van der Waals surface area contributed by atoms with E-state index >= 15 is 0 Å². The van der Waals surface area contributed by atoms with Crippen LogP contribution in [0, 0.1) is 5.92 Å². The van der Waals surface area contributed by atoms with E-state index in [1.165, 1.54) is 42.4 Å². The number of benzene rings is 2. The smallest absolute Gasteiger partial charge is 0.119 e. The first-order chi connectivity index (χ1) is 12.7. The number of fused-ring (bicyclic) bond motifs is 3. The number of rotatable bonds is 4. The van der Waals surface area contributed by atoms with Crippen molar-refractivity contribution in [2.24, 2.45) is 5.92 Å². The Morgan fingerprint density at radius 2 is 1.69 bits per heavy atom. The van der Waals surface area contributed by atoms with Crippen LogP contribution in [0.15, 0.2) is 36.4 Å². The molecule has 3 N–H and O–H groups in total. The summed E-state index contributed by atoms with van der Waals surface area (Å²) in [4.78, 5) is 0. The average molecular weight is 352 g/mol. The van der Waals surface area contributed by atoms with Gasteiger partial charge in [-0.1, -0.05) is 31.0 Å². The number of phenols is 2. The van der Waals surface area contributed by atoms with Crippen molar-refractivity contribution in [1.82, 2.24) is 0 Å². The number of aromatic hydroxyl groups is 2. The van der Waals surface area contributed by atoms with Crippen molar-refractivity contribution in [2.45, 2.75) is 56.8 Å². The van der Waals surface area contributed by atoms with Gasteiger partial charge in [0, 0.05) is 6.61 Å². The van der Waals surface area contributed by atoms with Crippen molar-refractivity contribution in [3.8, 4) is 11.5 Å². The summed E-state index contributed by atoms with van der Waals surface area (Å²) in [5, 5.41) is 29.3. The van der Waals surface area contributed by atoms with Gasteiger partial charge < -0.3 is 15.3 Å². The molecule has 2 aromatic carbocycles. The maximum Gasteiger partial charge on any atom is 0.119 e.